The first-order valence-corrected chi connectivity index (χ1v) is 6.92. The van der Waals surface area contributed by atoms with Crippen LogP contribution in [0, 0.1) is 5.92 Å². The van der Waals surface area contributed by atoms with Gasteiger partial charge in [-0.25, -0.2) is 4.79 Å². The van der Waals surface area contributed by atoms with Gasteiger partial charge in [0.25, 0.3) is 0 Å². The van der Waals surface area contributed by atoms with Crippen molar-refractivity contribution in [2.24, 2.45) is 5.92 Å². The van der Waals surface area contributed by atoms with Crippen molar-refractivity contribution in [1.82, 2.24) is 10.6 Å². The molecule has 0 bridgehead atoms. The van der Waals surface area contributed by atoms with Crippen LogP contribution in [0.5, 0.6) is 0 Å². The predicted octanol–water partition coefficient (Wildman–Crippen LogP) is 2.12. The molecule has 18 heavy (non-hydrogen) atoms. The van der Waals surface area contributed by atoms with E-state index in [1.165, 1.54) is 12.8 Å². The van der Waals surface area contributed by atoms with Gasteiger partial charge in [-0.2, -0.15) is 0 Å². The summed E-state index contributed by atoms with van der Waals surface area (Å²) in [5.74, 6) is -1.23. The van der Waals surface area contributed by atoms with Crippen LogP contribution < -0.4 is 10.6 Å². The molecule has 3 N–H and O–H groups in total. The van der Waals surface area contributed by atoms with Crippen molar-refractivity contribution >= 4 is 12.0 Å². The van der Waals surface area contributed by atoms with Gasteiger partial charge in [-0.15, -0.1) is 0 Å². The summed E-state index contributed by atoms with van der Waals surface area (Å²) >= 11 is 0. The summed E-state index contributed by atoms with van der Waals surface area (Å²) in [6.07, 6.45) is 6.77. The zero-order valence-corrected chi connectivity index (χ0v) is 11.1. The number of unbranched alkanes of at least 4 members (excludes halogenated alkanes) is 3. The molecule has 0 radical (unpaired) electrons. The van der Waals surface area contributed by atoms with Gasteiger partial charge in [-0.05, 0) is 19.3 Å². The van der Waals surface area contributed by atoms with Crippen molar-refractivity contribution < 1.29 is 14.7 Å². The Bertz CT molecular complexity index is 281. The molecule has 1 aliphatic rings. The molecule has 0 aromatic heterocycles. The van der Waals surface area contributed by atoms with Gasteiger partial charge in [0.2, 0.25) is 0 Å². The molecule has 1 rings (SSSR count). The lowest BCUT2D eigenvalue weighted by molar-refractivity contribution is -0.142. The number of carboxylic acid groups (broad SMARTS) is 1. The normalized spacial score (nSPS) is 22.7. The van der Waals surface area contributed by atoms with Crippen LogP contribution in [-0.2, 0) is 4.79 Å². The first-order chi connectivity index (χ1) is 8.65. The fourth-order valence-electron chi connectivity index (χ4n) is 2.40. The van der Waals surface area contributed by atoms with Crippen molar-refractivity contribution in [3.8, 4) is 0 Å². The van der Waals surface area contributed by atoms with Crippen molar-refractivity contribution in [1.29, 1.82) is 0 Å². The second-order valence-corrected chi connectivity index (χ2v) is 4.94. The van der Waals surface area contributed by atoms with E-state index in [4.69, 9.17) is 5.11 Å². The highest BCUT2D eigenvalue weighted by molar-refractivity contribution is 5.76. The van der Waals surface area contributed by atoms with Crippen molar-refractivity contribution in [2.75, 3.05) is 6.54 Å². The predicted molar refractivity (Wildman–Crippen MR) is 69.4 cm³/mol. The van der Waals surface area contributed by atoms with E-state index in [2.05, 4.69) is 17.6 Å². The van der Waals surface area contributed by atoms with Crippen LogP contribution in [0.3, 0.4) is 0 Å². The molecule has 0 aromatic rings. The maximum atomic E-state index is 11.6. The largest absolute Gasteiger partial charge is 0.481 e. The minimum atomic E-state index is -0.805. The van der Waals surface area contributed by atoms with Gasteiger partial charge in [-0.1, -0.05) is 32.6 Å². The summed E-state index contributed by atoms with van der Waals surface area (Å²) in [5, 5.41) is 14.6. The number of aliphatic carboxylic acids is 1. The average molecular weight is 256 g/mol. The van der Waals surface area contributed by atoms with E-state index < -0.39 is 11.9 Å². The van der Waals surface area contributed by atoms with Crippen LogP contribution in [0.2, 0.25) is 0 Å². The number of amides is 2. The van der Waals surface area contributed by atoms with Crippen LogP contribution in [0.1, 0.15) is 51.9 Å². The number of carbonyl (C=O) groups excluding carboxylic acids is 1. The molecule has 0 heterocycles. The highest BCUT2D eigenvalue weighted by Gasteiger charge is 2.33. The summed E-state index contributed by atoms with van der Waals surface area (Å²) < 4.78 is 0. The third-order valence-corrected chi connectivity index (χ3v) is 3.47. The maximum Gasteiger partial charge on any atom is 0.315 e. The quantitative estimate of drug-likeness (QED) is 0.610. The fraction of sp³-hybridized carbons (Fsp3) is 0.846. The topological polar surface area (TPSA) is 78.4 Å². The molecule has 0 aliphatic heterocycles. The van der Waals surface area contributed by atoms with Crippen LogP contribution in [0.4, 0.5) is 4.79 Å². The molecule has 104 valence electrons. The highest BCUT2D eigenvalue weighted by Crippen LogP contribution is 2.25. The number of nitrogens with one attached hydrogen (secondary N) is 2. The number of rotatable bonds is 7. The highest BCUT2D eigenvalue weighted by atomic mass is 16.4. The lowest BCUT2D eigenvalue weighted by atomic mass is 10.0. The van der Waals surface area contributed by atoms with Gasteiger partial charge >= 0.3 is 12.0 Å². The van der Waals surface area contributed by atoms with Crippen molar-refractivity contribution in [3.05, 3.63) is 0 Å². The summed E-state index contributed by atoms with van der Waals surface area (Å²) in [4.78, 5) is 22.5. The number of urea groups is 1. The summed E-state index contributed by atoms with van der Waals surface area (Å²) in [5.41, 5.74) is 0. The Labute approximate surface area is 108 Å². The summed E-state index contributed by atoms with van der Waals surface area (Å²) in [7, 11) is 0. The van der Waals surface area contributed by atoms with Crippen molar-refractivity contribution in [2.45, 2.75) is 57.9 Å². The van der Waals surface area contributed by atoms with Gasteiger partial charge in [0, 0.05) is 12.6 Å². The lowest BCUT2D eigenvalue weighted by Gasteiger charge is -2.17. The number of carboxylic acids is 1. The van der Waals surface area contributed by atoms with Gasteiger partial charge in [0.1, 0.15) is 0 Å². The van der Waals surface area contributed by atoms with Crippen molar-refractivity contribution in [3.63, 3.8) is 0 Å². The van der Waals surface area contributed by atoms with Gasteiger partial charge in [0.05, 0.1) is 5.92 Å². The molecule has 5 heteroatoms. The van der Waals surface area contributed by atoms with E-state index in [-0.39, 0.29) is 12.1 Å². The first kappa shape index (κ1) is 14.8. The molecule has 2 unspecified atom stereocenters. The zero-order chi connectivity index (χ0) is 13.4. The van der Waals surface area contributed by atoms with Gasteiger partial charge < -0.3 is 15.7 Å². The molecule has 0 aromatic carbocycles. The lowest BCUT2D eigenvalue weighted by Crippen LogP contribution is -2.45. The third kappa shape index (κ3) is 4.94. The number of hydrogen-bond donors (Lipinski definition) is 3. The minimum absolute atomic E-state index is 0.210. The minimum Gasteiger partial charge on any atom is -0.481 e. The summed E-state index contributed by atoms with van der Waals surface area (Å²) in [6.45, 7) is 2.81. The first-order valence-electron chi connectivity index (χ1n) is 6.92. The molecular formula is C13H24N2O3. The molecule has 1 fully saturated rings. The molecule has 2 amide bonds. The van der Waals surface area contributed by atoms with Gasteiger partial charge in [-0.3, -0.25) is 4.79 Å². The van der Waals surface area contributed by atoms with E-state index in [0.29, 0.717) is 13.0 Å². The third-order valence-electron chi connectivity index (χ3n) is 3.47. The molecular weight excluding hydrogens is 232 g/mol. The Hall–Kier alpha value is -1.26. The molecule has 1 saturated carbocycles. The Morgan fingerprint density at radius 1 is 1.22 bits per heavy atom. The molecule has 5 nitrogen and oxygen atoms in total. The van der Waals surface area contributed by atoms with Crippen LogP contribution in [0.15, 0.2) is 0 Å². The van der Waals surface area contributed by atoms with E-state index in [1.54, 1.807) is 0 Å². The monoisotopic (exact) mass is 256 g/mol. The SMILES string of the molecule is CCCCCCNC(=O)NC1CCCC1C(=O)O. The second kappa shape index (κ2) is 7.95. The van der Waals surface area contributed by atoms with Gasteiger partial charge in [0.15, 0.2) is 0 Å². The Morgan fingerprint density at radius 3 is 2.67 bits per heavy atom. The van der Waals surface area contributed by atoms with Crippen LogP contribution in [-0.4, -0.2) is 29.7 Å². The average Bonchev–Trinajstić information content (AvgIpc) is 2.77. The molecule has 0 spiro atoms. The fourth-order valence-corrected chi connectivity index (χ4v) is 2.40. The van der Waals surface area contributed by atoms with Crippen LogP contribution >= 0.6 is 0 Å². The Morgan fingerprint density at radius 2 is 2.00 bits per heavy atom. The second-order valence-electron chi connectivity index (χ2n) is 4.94. The zero-order valence-electron chi connectivity index (χ0n) is 11.1. The number of hydrogen-bond acceptors (Lipinski definition) is 2. The molecule has 0 saturated heterocycles. The van der Waals surface area contributed by atoms with E-state index in [1.807, 2.05) is 0 Å². The molecule has 2 atom stereocenters. The summed E-state index contributed by atoms with van der Waals surface area (Å²) in [6, 6.07) is -0.442. The van der Waals surface area contributed by atoms with E-state index in [9.17, 15) is 9.59 Å². The Balaban J connectivity index is 2.17. The molecule has 1 aliphatic carbocycles. The smallest absolute Gasteiger partial charge is 0.315 e. The standard InChI is InChI=1S/C13H24N2O3/c1-2-3-4-5-9-14-13(18)15-11-8-6-7-10(11)12(16)17/h10-11H,2-9H2,1H3,(H,16,17)(H2,14,15,18). The van der Waals surface area contributed by atoms with E-state index in [0.717, 1.165) is 25.7 Å². The maximum absolute atomic E-state index is 11.6. The van der Waals surface area contributed by atoms with Crippen LogP contribution in [0.25, 0.3) is 0 Å². The number of carbonyl (C=O) groups is 2. The Kier molecular flexibility index (Phi) is 6.54. The van der Waals surface area contributed by atoms with E-state index >= 15 is 0 Å².